The Hall–Kier alpha value is -2.02. The van der Waals surface area contributed by atoms with Gasteiger partial charge in [0.2, 0.25) is 5.91 Å². The number of methoxy groups -OCH3 is 1. The molecule has 6 nitrogen and oxygen atoms in total. The van der Waals surface area contributed by atoms with E-state index in [1.807, 2.05) is 36.1 Å². The van der Waals surface area contributed by atoms with E-state index in [-0.39, 0.29) is 11.2 Å². The summed E-state index contributed by atoms with van der Waals surface area (Å²) in [6.45, 7) is 3.75. The third kappa shape index (κ3) is 4.29. The summed E-state index contributed by atoms with van der Waals surface area (Å²) >= 11 is 1.55. The first-order valence-corrected chi connectivity index (χ1v) is 11.6. The number of thioether (sulfide) groups is 1. The number of hydrogen-bond acceptors (Lipinski definition) is 5. The standard InChI is InChI=1S/C22H30N4O2S/c1-16(21(27)25-14-8-9-15-25)29-22-24-23-20(18-12-6-7-13-19(18)28-2)26(22)17-10-4-3-5-11-17/h6-7,12-13,16-17H,3-5,8-11,14-15H2,1-2H3/t16-/m0/s1. The van der Waals surface area contributed by atoms with Crippen LogP contribution in [0.3, 0.4) is 0 Å². The molecule has 7 heteroatoms. The quantitative estimate of drug-likeness (QED) is 0.649. The monoisotopic (exact) mass is 414 g/mol. The lowest BCUT2D eigenvalue weighted by atomic mass is 9.95. The van der Waals surface area contributed by atoms with E-state index in [9.17, 15) is 4.79 Å². The summed E-state index contributed by atoms with van der Waals surface area (Å²) in [4.78, 5) is 14.8. The van der Waals surface area contributed by atoms with Crippen molar-refractivity contribution in [1.29, 1.82) is 0 Å². The van der Waals surface area contributed by atoms with Gasteiger partial charge in [-0.1, -0.05) is 43.2 Å². The summed E-state index contributed by atoms with van der Waals surface area (Å²) in [5.41, 5.74) is 0.957. The molecule has 2 aliphatic rings. The van der Waals surface area contributed by atoms with E-state index in [0.717, 1.165) is 61.1 Å². The number of para-hydroxylation sites is 1. The molecule has 4 rings (SSSR count). The maximum Gasteiger partial charge on any atom is 0.235 e. The molecule has 2 heterocycles. The number of ether oxygens (including phenoxy) is 1. The predicted molar refractivity (Wildman–Crippen MR) is 115 cm³/mol. The van der Waals surface area contributed by atoms with Crippen LogP contribution in [0.2, 0.25) is 0 Å². The highest BCUT2D eigenvalue weighted by atomic mass is 32.2. The first-order chi connectivity index (χ1) is 14.2. The van der Waals surface area contributed by atoms with Crippen molar-refractivity contribution in [1.82, 2.24) is 19.7 Å². The van der Waals surface area contributed by atoms with E-state index in [1.54, 1.807) is 18.9 Å². The van der Waals surface area contributed by atoms with Crippen LogP contribution in [0.15, 0.2) is 29.4 Å². The Morgan fingerprint density at radius 1 is 1.10 bits per heavy atom. The predicted octanol–water partition coefficient (Wildman–Crippen LogP) is 4.56. The number of rotatable bonds is 6. The minimum Gasteiger partial charge on any atom is -0.496 e. The van der Waals surface area contributed by atoms with Gasteiger partial charge < -0.3 is 9.64 Å². The summed E-state index contributed by atoms with van der Waals surface area (Å²) in [5, 5.41) is 9.79. The second-order valence-electron chi connectivity index (χ2n) is 7.96. The van der Waals surface area contributed by atoms with Crippen LogP contribution in [0.5, 0.6) is 5.75 Å². The Kier molecular flexibility index (Phi) is 6.43. The van der Waals surface area contributed by atoms with Crippen molar-refractivity contribution in [3.8, 4) is 17.1 Å². The van der Waals surface area contributed by atoms with E-state index < -0.39 is 0 Å². The number of likely N-dealkylation sites (tertiary alicyclic amines) is 1. The van der Waals surface area contributed by atoms with Gasteiger partial charge in [0.25, 0.3) is 0 Å². The van der Waals surface area contributed by atoms with Crippen LogP contribution in [-0.4, -0.2) is 51.0 Å². The van der Waals surface area contributed by atoms with Crippen molar-refractivity contribution < 1.29 is 9.53 Å². The number of carbonyl (C=O) groups is 1. The zero-order valence-electron chi connectivity index (χ0n) is 17.3. The number of amides is 1. The summed E-state index contributed by atoms with van der Waals surface area (Å²) in [7, 11) is 1.69. The molecule has 0 spiro atoms. The molecular weight excluding hydrogens is 384 g/mol. The normalized spacial score (nSPS) is 18.8. The molecule has 156 valence electrons. The fourth-order valence-electron chi connectivity index (χ4n) is 4.44. The van der Waals surface area contributed by atoms with Crippen LogP contribution in [0.25, 0.3) is 11.4 Å². The molecule has 0 N–H and O–H groups in total. The fourth-order valence-corrected chi connectivity index (χ4v) is 5.45. The van der Waals surface area contributed by atoms with Crippen LogP contribution in [0.4, 0.5) is 0 Å². The van der Waals surface area contributed by atoms with Gasteiger partial charge >= 0.3 is 0 Å². The van der Waals surface area contributed by atoms with Gasteiger partial charge in [-0.3, -0.25) is 9.36 Å². The van der Waals surface area contributed by atoms with Gasteiger partial charge in [0, 0.05) is 19.1 Å². The van der Waals surface area contributed by atoms with Crippen LogP contribution in [-0.2, 0) is 4.79 Å². The van der Waals surface area contributed by atoms with E-state index in [4.69, 9.17) is 4.74 Å². The van der Waals surface area contributed by atoms with Gasteiger partial charge in [0.05, 0.1) is 17.9 Å². The molecule has 2 aromatic rings. The summed E-state index contributed by atoms with van der Waals surface area (Å²) < 4.78 is 7.86. The SMILES string of the molecule is COc1ccccc1-c1nnc(S[C@@H](C)C(=O)N2CCCC2)n1C1CCCCC1. The maximum atomic E-state index is 12.8. The topological polar surface area (TPSA) is 60.3 Å². The Labute approximate surface area is 177 Å². The zero-order chi connectivity index (χ0) is 20.2. The Bertz CT molecular complexity index is 841. The minimum absolute atomic E-state index is 0.162. The number of carbonyl (C=O) groups excluding carboxylic acids is 1. The smallest absolute Gasteiger partial charge is 0.235 e. The lowest BCUT2D eigenvalue weighted by Gasteiger charge is -2.27. The largest absolute Gasteiger partial charge is 0.496 e. The molecule has 1 amide bonds. The summed E-state index contributed by atoms with van der Waals surface area (Å²) in [6.07, 6.45) is 8.21. The molecule has 2 fully saturated rings. The van der Waals surface area contributed by atoms with Crippen molar-refractivity contribution in [3.63, 3.8) is 0 Å². The second-order valence-corrected chi connectivity index (χ2v) is 9.27. The third-order valence-corrected chi connectivity index (χ3v) is 7.04. The van der Waals surface area contributed by atoms with Crippen LogP contribution < -0.4 is 4.74 Å². The average Bonchev–Trinajstić information content (AvgIpc) is 3.44. The number of hydrogen-bond donors (Lipinski definition) is 0. The molecule has 1 aliphatic heterocycles. The van der Waals surface area contributed by atoms with Crippen molar-refractivity contribution in [2.75, 3.05) is 20.2 Å². The van der Waals surface area contributed by atoms with Gasteiger partial charge in [0.1, 0.15) is 5.75 Å². The highest BCUT2D eigenvalue weighted by Crippen LogP contribution is 2.39. The van der Waals surface area contributed by atoms with Gasteiger partial charge in [-0.15, -0.1) is 10.2 Å². The molecule has 1 aliphatic carbocycles. The maximum absolute atomic E-state index is 12.8. The van der Waals surface area contributed by atoms with Crippen LogP contribution in [0, 0.1) is 0 Å². The molecule has 0 radical (unpaired) electrons. The van der Waals surface area contributed by atoms with Crippen LogP contribution >= 0.6 is 11.8 Å². The molecule has 0 bridgehead atoms. The Morgan fingerprint density at radius 2 is 1.83 bits per heavy atom. The molecule has 1 saturated carbocycles. The van der Waals surface area contributed by atoms with Crippen molar-refractivity contribution in [3.05, 3.63) is 24.3 Å². The van der Waals surface area contributed by atoms with Crippen molar-refractivity contribution in [2.45, 2.75) is 68.3 Å². The first kappa shape index (κ1) is 20.3. The number of aromatic nitrogens is 3. The van der Waals surface area contributed by atoms with E-state index in [0.29, 0.717) is 6.04 Å². The highest BCUT2D eigenvalue weighted by molar-refractivity contribution is 8.00. The lowest BCUT2D eigenvalue weighted by molar-refractivity contribution is -0.129. The van der Waals surface area contributed by atoms with Crippen LogP contribution in [0.1, 0.15) is 57.9 Å². The molecule has 1 atom stereocenters. The molecule has 1 aromatic carbocycles. The van der Waals surface area contributed by atoms with Crippen molar-refractivity contribution in [2.24, 2.45) is 0 Å². The Balaban J connectivity index is 1.66. The number of nitrogens with zero attached hydrogens (tertiary/aromatic N) is 4. The summed E-state index contributed by atoms with van der Waals surface area (Å²) in [6, 6.07) is 8.34. The molecular formula is C22H30N4O2S. The molecule has 1 saturated heterocycles. The molecule has 0 unspecified atom stereocenters. The van der Waals surface area contributed by atoms with Gasteiger partial charge in [-0.2, -0.15) is 0 Å². The zero-order valence-corrected chi connectivity index (χ0v) is 18.2. The van der Waals surface area contributed by atoms with Crippen molar-refractivity contribution >= 4 is 17.7 Å². The van der Waals surface area contributed by atoms with E-state index >= 15 is 0 Å². The number of benzene rings is 1. The molecule has 29 heavy (non-hydrogen) atoms. The van der Waals surface area contributed by atoms with E-state index in [1.165, 1.54) is 19.3 Å². The van der Waals surface area contributed by atoms with E-state index in [2.05, 4.69) is 14.8 Å². The highest BCUT2D eigenvalue weighted by Gasteiger charge is 2.29. The summed E-state index contributed by atoms with van der Waals surface area (Å²) in [5.74, 6) is 1.86. The lowest BCUT2D eigenvalue weighted by Crippen LogP contribution is -2.34. The Morgan fingerprint density at radius 3 is 2.55 bits per heavy atom. The van der Waals surface area contributed by atoms with Gasteiger partial charge in [0.15, 0.2) is 11.0 Å². The fraction of sp³-hybridized carbons (Fsp3) is 0.591. The molecule has 1 aromatic heterocycles. The van der Waals surface area contributed by atoms with Gasteiger partial charge in [-0.05, 0) is 44.7 Å². The first-order valence-electron chi connectivity index (χ1n) is 10.7. The average molecular weight is 415 g/mol. The minimum atomic E-state index is -0.162. The third-order valence-electron chi connectivity index (χ3n) is 6.00. The van der Waals surface area contributed by atoms with Gasteiger partial charge in [-0.25, -0.2) is 0 Å². The second kappa shape index (κ2) is 9.20.